The zero-order chi connectivity index (χ0) is 22.3. The number of nitrogens with zero attached hydrogens (tertiary/aromatic N) is 6. The van der Waals surface area contributed by atoms with Crippen molar-refractivity contribution in [2.75, 3.05) is 6.61 Å². The van der Waals surface area contributed by atoms with Crippen LogP contribution in [-0.2, 0) is 16.1 Å². The Balaban J connectivity index is 1.72. The highest BCUT2D eigenvalue weighted by molar-refractivity contribution is 6.32. The van der Waals surface area contributed by atoms with Crippen molar-refractivity contribution in [2.45, 2.75) is 43.9 Å². The van der Waals surface area contributed by atoms with Crippen molar-refractivity contribution in [1.29, 1.82) is 5.26 Å². The van der Waals surface area contributed by atoms with E-state index in [-0.39, 0.29) is 33.5 Å². The summed E-state index contributed by atoms with van der Waals surface area (Å²) in [6.45, 7) is 2.32. The third-order valence-electron chi connectivity index (χ3n) is 6.30. The van der Waals surface area contributed by atoms with E-state index in [9.17, 15) is 15.2 Å². The summed E-state index contributed by atoms with van der Waals surface area (Å²) in [4.78, 5) is 22.6. The first kappa shape index (κ1) is 19.4. The van der Waals surface area contributed by atoms with Crippen molar-refractivity contribution in [1.82, 2.24) is 24.1 Å². The number of ether oxygens (including phenoxy) is 1. The molecule has 1 aliphatic heterocycles. The topological polar surface area (TPSA) is 131 Å². The summed E-state index contributed by atoms with van der Waals surface area (Å²) < 4.78 is 14.3. The van der Waals surface area contributed by atoms with Crippen LogP contribution in [0.15, 0.2) is 27.8 Å². The minimum atomic E-state index is -1.10. The van der Waals surface area contributed by atoms with Crippen LogP contribution < -0.4 is 5.56 Å². The van der Waals surface area contributed by atoms with Gasteiger partial charge in [-0.25, -0.2) is 4.98 Å². The summed E-state index contributed by atoms with van der Waals surface area (Å²) in [5, 5.41) is 24.3. The highest BCUT2D eigenvalue weighted by Crippen LogP contribution is 2.44. The number of aromatic nitrogens is 5. The lowest BCUT2D eigenvalue weighted by atomic mass is 10.1. The zero-order valence-corrected chi connectivity index (χ0v) is 17.8. The summed E-state index contributed by atoms with van der Waals surface area (Å²) >= 11 is 6.32. The zero-order valence-electron chi connectivity index (χ0n) is 17.0. The lowest BCUT2D eigenvalue weighted by molar-refractivity contribution is -0.0448. The molecule has 1 aromatic carbocycles. The van der Waals surface area contributed by atoms with Gasteiger partial charge in [-0.3, -0.25) is 13.8 Å². The maximum atomic E-state index is 13.9. The number of rotatable bonds is 3. The summed E-state index contributed by atoms with van der Waals surface area (Å²) in [7, 11) is 0. The molecule has 32 heavy (non-hydrogen) atoms. The maximum absolute atomic E-state index is 13.9. The molecule has 4 aromatic rings. The van der Waals surface area contributed by atoms with E-state index in [1.54, 1.807) is 16.5 Å². The van der Waals surface area contributed by atoms with Gasteiger partial charge in [0.05, 0.1) is 21.6 Å². The van der Waals surface area contributed by atoms with Crippen LogP contribution >= 0.6 is 11.6 Å². The molecule has 0 amide bonds. The molecule has 6 rings (SSSR count). The molecule has 2 fully saturated rings. The van der Waals surface area contributed by atoms with Crippen molar-refractivity contribution >= 4 is 28.2 Å². The number of hydrogen-bond donors (Lipinski definition) is 1. The van der Waals surface area contributed by atoms with Gasteiger partial charge in [0.25, 0.3) is 11.4 Å². The fourth-order valence-corrected chi connectivity index (χ4v) is 4.62. The second-order valence-electron chi connectivity index (χ2n) is 8.44. The molecule has 162 valence electrons. The summed E-state index contributed by atoms with van der Waals surface area (Å²) in [6, 6.07) is 5.48. The van der Waals surface area contributed by atoms with E-state index in [4.69, 9.17) is 20.9 Å². The second-order valence-corrected chi connectivity index (χ2v) is 8.84. The number of benzene rings is 1. The molecule has 1 saturated heterocycles. The van der Waals surface area contributed by atoms with Gasteiger partial charge in [0.15, 0.2) is 0 Å². The molecule has 1 unspecified atom stereocenters. The third kappa shape index (κ3) is 2.53. The van der Waals surface area contributed by atoms with Crippen LogP contribution in [0.25, 0.3) is 28.1 Å². The number of nitriles is 1. The van der Waals surface area contributed by atoms with Crippen LogP contribution in [0.1, 0.15) is 44.1 Å². The Bertz CT molecular complexity index is 1520. The summed E-state index contributed by atoms with van der Waals surface area (Å²) in [5.74, 6) is 0.220. The Morgan fingerprint density at radius 3 is 2.78 bits per heavy atom. The molecule has 0 bridgehead atoms. The Kier molecular flexibility index (Phi) is 3.88. The lowest BCUT2D eigenvalue weighted by Gasteiger charge is -2.28. The van der Waals surface area contributed by atoms with E-state index in [1.807, 2.05) is 6.92 Å². The van der Waals surface area contributed by atoms with Gasteiger partial charge in [0.2, 0.25) is 5.82 Å². The molecule has 4 heterocycles. The SMILES string of the molecule is CC1(n2c(=O)c3c(-c4noc(C5(O)CC5)n4)ncn3c3ccc(Cl)c(C#N)c32)CCCO1. The van der Waals surface area contributed by atoms with Crippen LogP contribution in [0.4, 0.5) is 0 Å². The van der Waals surface area contributed by atoms with Gasteiger partial charge in [-0.15, -0.1) is 0 Å². The molecule has 2 aliphatic rings. The quantitative estimate of drug-likeness (QED) is 0.501. The molecule has 3 aromatic heterocycles. The van der Waals surface area contributed by atoms with E-state index in [0.717, 1.165) is 6.42 Å². The smallest absolute Gasteiger partial charge is 0.280 e. The first-order valence-corrected chi connectivity index (χ1v) is 10.6. The maximum Gasteiger partial charge on any atom is 0.280 e. The highest BCUT2D eigenvalue weighted by Gasteiger charge is 2.48. The normalized spacial score (nSPS) is 21.9. The molecule has 1 N–H and O–H groups in total. The first-order chi connectivity index (χ1) is 15.4. The Morgan fingerprint density at radius 2 is 2.09 bits per heavy atom. The van der Waals surface area contributed by atoms with Crippen molar-refractivity contribution < 1.29 is 14.4 Å². The predicted octanol–water partition coefficient (Wildman–Crippen LogP) is 2.69. The molecule has 1 saturated carbocycles. The van der Waals surface area contributed by atoms with Crippen molar-refractivity contribution in [3.63, 3.8) is 0 Å². The van der Waals surface area contributed by atoms with Gasteiger partial charge in [0.1, 0.15) is 34.9 Å². The average Bonchev–Trinajstić information content (AvgIpc) is 3.19. The van der Waals surface area contributed by atoms with Crippen molar-refractivity contribution in [3.05, 3.63) is 45.3 Å². The molecule has 0 spiro atoms. The first-order valence-electron chi connectivity index (χ1n) is 10.2. The van der Waals surface area contributed by atoms with E-state index >= 15 is 0 Å². The molecular weight excluding hydrogens is 436 g/mol. The molecule has 10 nitrogen and oxygen atoms in total. The van der Waals surface area contributed by atoms with Crippen molar-refractivity contribution in [3.8, 4) is 17.6 Å². The Hall–Kier alpha value is -3.26. The molecule has 11 heteroatoms. The largest absolute Gasteiger partial charge is 0.380 e. The van der Waals surface area contributed by atoms with E-state index in [1.165, 1.54) is 10.9 Å². The predicted molar refractivity (Wildman–Crippen MR) is 112 cm³/mol. The van der Waals surface area contributed by atoms with Gasteiger partial charge in [-0.05, 0) is 44.7 Å². The minimum Gasteiger partial charge on any atom is -0.380 e. The number of fused-ring (bicyclic) bond motifs is 3. The van der Waals surface area contributed by atoms with Crippen LogP contribution in [-0.4, -0.2) is 35.8 Å². The summed E-state index contributed by atoms with van der Waals surface area (Å²) in [6.07, 6.45) is 3.94. The fourth-order valence-electron chi connectivity index (χ4n) is 4.42. The van der Waals surface area contributed by atoms with Crippen LogP contribution in [0.3, 0.4) is 0 Å². The number of hydrogen-bond acceptors (Lipinski definition) is 8. The standard InChI is InChI=1S/C21H17ClN6O4/c1-20(5-2-8-31-20)28-15-11(9-23)12(22)3-4-13(15)27-10-24-14(16(27)18(28)29)17-25-19(32-26-17)21(30)6-7-21/h3-4,10,30H,2,5-8H2,1H3. The number of halogens is 1. The average molecular weight is 453 g/mol. The fraction of sp³-hybridized carbons (Fsp3) is 0.381. The van der Waals surface area contributed by atoms with Gasteiger partial charge in [0, 0.05) is 6.61 Å². The van der Waals surface area contributed by atoms with Crippen LogP contribution in [0.2, 0.25) is 5.02 Å². The second kappa shape index (κ2) is 6.38. The van der Waals surface area contributed by atoms with Gasteiger partial charge in [-0.1, -0.05) is 16.8 Å². The monoisotopic (exact) mass is 452 g/mol. The van der Waals surface area contributed by atoms with Gasteiger partial charge < -0.3 is 14.4 Å². The number of aliphatic hydroxyl groups is 1. The Labute approximate surface area is 185 Å². The number of imidazole rings is 1. The highest BCUT2D eigenvalue weighted by atomic mass is 35.5. The van der Waals surface area contributed by atoms with Gasteiger partial charge in [-0.2, -0.15) is 10.2 Å². The minimum absolute atomic E-state index is 0.109. The molecule has 1 atom stereocenters. The molecular formula is C21H17ClN6O4. The van der Waals surface area contributed by atoms with E-state index in [0.29, 0.717) is 36.9 Å². The van der Waals surface area contributed by atoms with Crippen molar-refractivity contribution in [2.24, 2.45) is 0 Å². The van der Waals surface area contributed by atoms with Crippen LogP contribution in [0.5, 0.6) is 0 Å². The Morgan fingerprint density at radius 1 is 1.28 bits per heavy atom. The lowest BCUT2D eigenvalue weighted by Crippen LogP contribution is -2.39. The molecule has 1 aliphatic carbocycles. The van der Waals surface area contributed by atoms with Crippen LogP contribution in [0, 0.1) is 11.3 Å². The van der Waals surface area contributed by atoms with E-state index < -0.39 is 16.9 Å². The van der Waals surface area contributed by atoms with E-state index in [2.05, 4.69) is 21.2 Å². The summed E-state index contributed by atoms with van der Waals surface area (Å²) in [5.41, 5.74) is -0.890. The van der Waals surface area contributed by atoms with Gasteiger partial charge >= 0.3 is 0 Å². The molecule has 0 radical (unpaired) electrons. The third-order valence-corrected chi connectivity index (χ3v) is 6.62.